The van der Waals surface area contributed by atoms with Gasteiger partial charge in [-0.1, -0.05) is 18.2 Å². The zero-order chi connectivity index (χ0) is 32.4. The number of fused-ring (bicyclic) bond motifs is 1. The molecule has 0 radical (unpaired) electrons. The van der Waals surface area contributed by atoms with Gasteiger partial charge in [0.25, 0.3) is 5.91 Å². The number of hydrogen-bond acceptors (Lipinski definition) is 9. The van der Waals surface area contributed by atoms with Crippen LogP contribution in [0.5, 0.6) is 0 Å². The predicted molar refractivity (Wildman–Crippen MR) is 176 cm³/mol. The first-order valence-corrected chi connectivity index (χ1v) is 16.3. The van der Waals surface area contributed by atoms with Gasteiger partial charge < -0.3 is 30.2 Å². The Hall–Kier alpha value is -3.75. The number of rotatable bonds is 13. The van der Waals surface area contributed by atoms with E-state index in [1.165, 1.54) is 24.9 Å². The number of primary amides is 1. The molecular weight excluding hydrogens is 580 g/mol. The van der Waals surface area contributed by atoms with Crippen LogP contribution in [-0.4, -0.2) is 75.0 Å². The summed E-state index contributed by atoms with van der Waals surface area (Å²) in [7, 11) is 0. The largest absolute Gasteiger partial charge is 0.463 e. The van der Waals surface area contributed by atoms with Gasteiger partial charge in [0, 0.05) is 31.7 Å². The van der Waals surface area contributed by atoms with Crippen molar-refractivity contribution in [3.05, 3.63) is 47.5 Å². The highest BCUT2D eigenvalue weighted by atomic mass is 32.2. The van der Waals surface area contributed by atoms with Gasteiger partial charge >= 0.3 is 12.1 Å². The molecule has 2 aromatic carbocycles. The fourth-order valence-electron chi connectivity index (χ4n) is 4.39. The summed E-state index contributed by atoms with van der Waals surface area (Å²) in [6.07, 6.45) is 7.88. The number of nitrogens with zero attached hydrogens (tertiary/aromatic N) is 2. The van der Waals surface area contributed by atoms with Crippen molar-refractivity contribution in [2.24, 2.45) is 5.73 Å². The quantitative estimate of drug-likeness (QED) is 0.129. The summed E-state index contributed by atoms with van der Waals surface area (Å²) in [6.45, 7) is 8.47. The number of thioether (sulfide) groups is 1. The lowest BCUT2D eigenvalue weighted by Crippen LogP contribution is -2.29. The minimum Gasteiger partial charge on any atom is -0.463 e. The first-order valence-electron chi connectivity index (χ1n) is 14.9. The smallest absolute Gasteiger partial charge is 0.405 e. The second kappa shape index (κ2) is 19.5. The average molecular weight is 627 g/mol. The molecule has 0 atom stereocenters. The van der Waals surface area contributed by atoms with Gasteiger partial charge in [0.05, 0.1) is 13.2 Å². The van der Waals surface area contributed by atoms with Gasteiger partial charge in [-0.3, -0.25) is 9.59 Å². The maximum absolute atomic E-state index is 12.4. The number of ether oxygens (including phenoxy) is 3. The first-order chi connectivity index (χ1) is 21.0. The van der Waals surface area contributed by atoms with Gasteiger partial charge in [0.15, 0.2) is 0 Å². The van der Waals surface area contributed by atoms with Crippen molar-refractivity contribution < 1.29 is 28.6 Å². The van der Waals surface area contributed by atoms with E-state index in [9.17, 15) is 19.6 Å². The van der Waals surface area contributed by atoms with Crippen LogP contribution in [0.3, 0.4) is 0 Å². The van der Waals surface area contributed by atoms with Gasteiger partial charge in [-0.15, -0.1) is 0 Å². The molecule has 0 aromatic heterocycles. The van der Waals surface area contributed by atoms with E-state index in [4.69, 9.17) is 15.2 Å². The molecule has 0 aliphatic carbocycles. The number of hydrogen-bond donors (Lipinski definition) is 2. The Morgan fingerprint density at radius 1 is 1.05 bits per heavy atom. The summed E-state index contributed by atoms with van der Waals surface area (Å²) in [6, 6.07) is 14.4. The van der Waals surface area contributed by atoms with Crippen LogP contribution < -0.4 is 16.0 Å². The van der Waals surface area contributed by atoms with Crippen molar-refractivity contribution >= 4 is 52.3 Å². The molecule has 44 heavy (non-hydrogen) atoms. The van der Waals surface area contributed by atoms with E-state index >= 15 is 0 Å². The molecule has 11 heteroatoms. The third-order valence-corrected chi connectivity index (χ3v) is 7.10. The number of nitriles is 1. The van der Waals surface area contributed by atoms with Crippen molar-refractivity contribution in [1.29, 1.82) is 5.26 Å². The molecule has 0 saturated carbocycles. The molecule has 3 N–H and O–H groups in total. The van der Waals surface area contributed by atoms with E-state index < -0.39 is 17.6 Å². The third-order valence-electron chi connectivity index (χ3n) is 6.40. The Bertz CT molecular complexity index is 1300. The fourth-order valence-corrected chi connectivity index (χ4v) is 4.82. The van der Waals surface area contributed by atoms with Crippen LogP contribution in [0.15, 0.2) is 42.0 Å². The highest BCUT2D eigenvalue weighted by Crippen LogP contribution is 2.26. The predicted octanol–water partition coefficient (Wildman–Crippen LogP) is 5.44. The van der Waals surface area contributed by atoms with E-state index in [0.717, 1.165) is 41.6 Å². The Morgan fingerprint density at radius 3 is 2.39 bits per heavy atom. The maximum Gasteiger partial charge on any atom is 0.405 e. The van der Waals surface area contributed by atoms with Crippen LogP contribution >= 0.6 is 11.8 Å². The molecule has 0 unspecified atom stereocenters. The number of piperidine rings is 1. The highest BCUT2D eigenvalue weighted by molar-refractivity contribution is 7.98. The van der Waals surface area contributed by atoms with Crippen LogP contribution in [-0.2, 0) is 23.8 Å². The standard InChI is InChI=1S/C28H35N3O4S.C5H11NO2/c1-36-17-5-6-27(32)35-16-15-34-14-11-30-28(33)25(21-29)19-22-7-8-24-20-26(10-9-23(24)18-22)31-12-3-2-4-13-31;1-5(2,3)8-4(6)7/h7-10,18-20H,2-6,11-17H2,1H3,(H,30,33);1-3H3,(H2,6,7)/b25-19+;. The summed E-state index contributed by atoms with van der Waals surface area (Å²) >= 11 is 1.70. The molecule has 1 aliphatic heterocycles. The van der Waals surface area contributed by atoms with Gasteiger partial charge in [-0.2, -0.15) is 17.0 Å². The lowest BCUT2D eigenvalue weighted by Gasteiger charge is -2.29. The lowest BCUT2D eigenvalue weighted by atomic mass is 10.0. The number of benzene rings is 2. The molecule has 3 rings (SSSR count). The molecule has 1 heterocycles. The lowest BCUT2D eigenvalue weighted by molar-refractivity contribution is -0.145. The van der Waals surface area contributed by atoms with Gasteiger partial charge in [0.1, 0.15) is 23.9 Å². The molecule has 1 aliphatic rings. The van der Waals surface area contributed by atoms with Crippen LogP contribution in [0.1, 0.15) is 58.4 Å². The van der Waals surface area contributed by atoms with Gasteiger partial charge in [-0.25, -0.2) is 4.79 Å². The fraction of sp³-hybridized carbons (Fsp3) is 0.515. The Kier molecular flexibility index (Phi) is 16.2. The molecular formula is C33H46N4O6S. The van der Waals surface area contributed by atoms with Gasteiger partial charge in [0.2, 0.25) is 0 Å². The number of carbonyl (C=O) groups excluding carboxylic acids is 3. The molecule has 2 aromatic rings. The number of carbonyl (C=O) groups is 3. The number of nitrogens with one attached hydrogen (secondary N) is 1. The van der Waals surface area contributed by atoms with Crippen molar-refractivity contribution in [3.8, 4) is 6.07 Å². The van der Waals surface area contributed by atoms with E-state index in [1.807, 2.05) is 30.5 Å². The van der Waals surface area contributed by atoms with Crippen molar-refractivity contribution in [3.63, 3.8) is 0 Å². The minimum atomic E-state index is -0.725. The normalized spacial score (nSPS) is 13.3. The number of nitrogens with two attached hydrogens (primary N) is 1. The third kappa shape index (κ3) is 14.6. The number of anilines is 1. The molecule has 0 spiro atoms. The zero-order valence-corrected chi connectivity index (χ0v) is 27.2. The van der Waals surface area contributed by atoms with E-state index in [1.54, 1.807) is 38.6 Å². The average Bonchev–Trinajstić information content (AvgIpc) is 2.98. The van der Waals surface area contributed by atoms with E-state index in [-0.39, 0.29) is 37.9 Å². The van der Waals surface area contributed by atoms with Crippen LogP contribution in [0.4, 0.5) is 10.5 Å². The second-order valence-electron chi connectivity index (χ2n) is 11.2. The summed E-state index contributed by atoms with van der Waals surface area (Å²) in [5.74, 6) is 0.271. The molecule has 1 saturated heterocycles. The van der Waals surface area contributed by atoms with Gasteiger partial charge in [-0.05, 0) is 99.1 Å². The number of esters is 1. The van der Waals surface area contributed by atoms with Crippen molar-refractivity contribution in [2.45, 2.75) is 58.5 Å². The van der Waals surface area contributed by atoms with Crippen molar-refractivity contribution in [2.75, 3.05) is 56.4 Å². The molecule has 0 bridgehead atoms. The summed E-state index contributed by atoms with van der Waals surface area (Å²) in [4.78, 5) is 36.4. The minimum absolute atomic E-state index is 0.0402. The second-order valence-corrected chi connectivity index (χ2v) is 12.2. The van der Waals surface area contributed by atoms with Crippen molar-refractivity contribution in [1.82, 2.24) is 5.32 Å². The first kappa shape index (κ1) is 36.4. The maximum atomic E-state index is 12.4. The SMILES string of the molecule is CC(C)(C)OC(N)=O.CSCCCC(=O)OCCOCCNC(=O)/C(C#N)=C/c1ccc2cc(N3CCCCC3)ccc2c1. The molecule has 1 fully saturated rings. The molecule has 240 valence electrons. The Balaban J connectivity index is 0.000000742. The van der Waals surface area contributed by atoms with E-state index in [2.05, 4.69) is 33.2 Å². The zero-order valence-electron chi connectivity index (χ0n) is 26.4. The highest BCUT2D eigenvalue weighted by Gasteiger charge is 2.13. The van der Waals surface area contributed by atoms with E-state index in [0.29, 0.717) is 6.42 Å². The van der Waals surface area contributed by atoms with Crippen LogP contribution in [0.25, 0.3) is 16.8 Å². The monoisotopic (exact) mass is 626 g/mol. The molecule has 2 amide bonds. The topological polar surface area (TPSA) is 144 Å². The summed E-state index contributed by atoms with van der Waals surface area (Å²) in [5, 5.41) is 14.4. The van der Waals surface area contributed by atoms with Crippen LogP contribution in [0, 0.1) is 11.3 Å². The summed E-state index contributed by atoms with van der Waals surface area (Å²) < 4.78 is 15.1. The number of amides is 2. The Morgan fingerprint density at radius 2 is 1.75 bits per heavy atom. The van der Waals surface area contributed by atoms with Crippen LogP contribution in [0.2, 0.25) is 0 Å². The Labute approximate surface area is 265 Å². The summed E-state index contributed by atoms with van der Waals surface area (Å²) in [5.41, 5.74) is 6.35. The molecule has 10 nitrogen and oxygen atoms in total.